The second-order valence-corrected chi connectivity index (χ2v) is 3.59. The standard InChI is InChI=1S/C6H7N3O2S2/c1-12-5-4(9(10)11)6(13-2)8-3-7-5/h3H,1-2H3. The fourth-order valence-corrected chi connectivity index (χ4v) is 1.90. The zero-order valence-electron chi connectivity index (χ0n) is 7.05. The van der Waals surface area contributed by atoms with Gasteiger partial charge in [-0.3, -0.25) is 10.1 Å². The first-order valence-corrected chi connectivity index (χ1v) is 5.73. The van der Waals surface area contributed by atoms with Gasteiger partial charge in [0.2, 0.25) is 0 Å². The normalized spacial score (nSPS) is 10.0. The van der Waals surface area contributed by atoms with E-state index in [4.69, 9.17) is 0 Å². The lowest BCUT2D eigenvalue weighted by Gasteiger charge is -2.00. The fourth-order valence-electron chi connectivity index (χ4n) is 0.802. The van der Waals surface area contributed by atoms with Crippen molar-refractivity contribution in [1.29, 1.82) is 0 Å². The van der Waals surface area contributed by atoms with Crippen LogP contribution in [0.25, 0.3) is 0 Å². The minimum absolute atomic E-state index is 0.00231. The molecular formula is C6H7N3O2S2. The van der Waals surface area contributed by atoms with Crippen LogP contribution in [0.5, 0.6) is 0 Å². The molecule has 5 nitrogen and oxygen atoms in total. The van der Waals surface area contributed by atoms with Crippen LogP contribution in [-0.4, -0.2) is 27.4 Å². The Balaban J connectivity index is 3.29. The van der Waals surface area contributed by atoms with E-state index in [0.717, 1.165) is 0 Å². The van der Waals surface area contributed by atoms with E-state index in [-0.39, 0.29) is 5.69 Å². The molecule has 0 radical (unpaired) electrons. The van der Waals surface area contributed by atoms with Crippen LogP contribution in [0.15, 0.2) is 16.4 Å². The minimum atomic E-state index is -0.447. The van der Waals surface area contributed by atoms with Crippen molar-refractivity contribution < 1.29 is 4.92 Å². The third-order valence-electron chi connectivity index (χ3n) is 1.32. The highest BCUT2D eigenvalue weighted by Crippen LogP contribution is 2.31. The van der Waals surface area contributed by atoms with Gasteiger partial charge in [-0.05, 0) is 12.5 Å². The third-order valence-corrected chi connectivity index (χ3v) is 2.70. The minimum Gasteiger partial charge on any atom is -0.258 e. The van der Waals surface area contributed by atoms with Gasteiger partial charge in [0.15, 0.2) is 10.1 Å². The maximum absolute atomic E-state index is 10.7. The summed E-state index contributed by atoms with van der Waals surface area (Å²) >= 11 is 2.49. The van der Waals surface area contributed by atoms with E-state index in [0.29, 0.717) is 10.1 Å². The molecule has 0 amide bonds. The molecule has 0 aliphatic rings. The van der Waals surface area contributed by atoms with Gasteiger partial charge in [0, 0.05) is 0 Å². The smallest absolute Gasteiger partial charge is 0.258 e. The van der Waals surface area contributed by atoms with Gasteiger partial charge in [-0.1, -0.05) is 0 Å². The van der Waals surface area contributed by atoms with Crippen LogP contribution in [0, 0.1) is 10.1 Å². The highest BCUT2D eigenvalue weighted by atomic mass is 32.2. The molecule has 1 heterocycles. The van der Waals surface area contributed by atoms with E-state index in [9.17, 15) is 10.1 Å². The SMILES string of the molecule is CSc1ncnc(SC)c1[N+](=O)[O-]. The molecule has 0 fully saturated rings. The number of rotatable bonds is 3. The van der Waals surface area contributed by atoms with Crippen molar-refractivity contribution in [1.82, 2.24) is 9.97 Å². The topological polar surface area (TPSA) is 68.9 Å². The Morgan fingerprint density at radius 1 is 1.31 bits per heavy atom. The summed E-state index contributed by atoms with van der Waals surface area (Å²) in [7, 11) is 0. The van der Waals surface area contributed by atoms with E-state index >= 15 is 0 Å². The Labute approximate surface area is 83.5 Å². The molecule has 0 atom stereocenters. The third kappa shape index (κ3) is 2.10. The highest BCUT2D eigenvalue weighted by Gasteiger charge is 2.20. The van der Waals surface area contributed by atoms with Crippen LogP contribution in [0.1, 0.15) is 0 Å². The van der Waals surface area contributed by atoms with Crippen molar-refractivity contribution in [2.75, 3.05) is 12.5 Å². The number of thioether (sulfide) groups is 2. The van der Waals surface area contributed by atoms with Gasteiger partial charge < -0.3 is 0 Å². The summed E-state index contributed by atoms with van der Waals surface area (Å²) in [6, 6.07) is 0. The van der Waals surface area contributed by atoms with Gasteiger partial charge in [0.05, 0.1) is 4.92 Å². The largest absolute Gasteiger partial charge is 0.333 e. The van der Waals surface area contributed by atoms with Crippen LogP contribution >= 0.6 is 23.5 Å². The molecule has 0 aliphatic carbocycles. The van der Waals surface area contributed by atoms with Crippen molar-refractivity contribution in [2.24, 2.45) is 0 Å². The van der Waals surface area contributed by atoms with Crippen molar-refractivity contribution in [2.45, 2.75) is 10.1 Å². The van der Waals surface area contributed by atoms with Gasteiger partial charge in [-0.2, -0.15) is 0 Å². The summed E-state index contributed by atoms with van der Waals surface area (Å²) < 4.78 is 0. The number of hydrogen-bond acceptors (Lipinski definition) is 6. The average molecular weight is 217 g/mol. The first-order valence-electron chi connectivity index (χ1n) is 3.28. The van der Waals surface area contributed by atoms with E-state index < -0.39 is 4.92 Å². The average Bonchev–Trinajstić information content (AvgIpc) is 2.16. The summed E-state index contributed by atoms with van der Waals surface area (Å²) in [5.74, 6) is 0. The molecule has 0 aromatic carbocycles. The molecular weight excluding hydrogens is 210 g/mol. The Hall–Kier alpha value is -0.820. The molecule has 0 aliphatic heterocycles. The Morgan fingerprint density at radius 3 is 2.08 bits per heavy atom. The lowest BCUT2D eigenvalue weighted by molar-refractivity contribution is -0.391. The van der Waals surface area contributed by atoms with Crippen LogP contribution < -0.4 is 0 Å². The number of nitrogens with zero attached hydrogens (tertiary/aromatic N) is 3. The Bertz CT molecular complexity index is 309. The molecule has 1 rings (SSSR count). The first-order chi connectivity index (χ1) is 6.20. The maximum Gasteiger partial charge on any atom is 0.333 e. The van der Waals surface area contributed by atoms with Crippen LogP contribution in [0.4, 0.5) is 5.69 Å². The van der Waals surface area contributed by atoms with Gasteiger partial charge >= 0.3 is 5.69 Å². The Morgan fingerprint density at radius 2 is 1.77 bits per heavy atom. The molecule has 0 unspecified atom stereocenters. The fraction of sp³-hybridized carbons (Fsp3) is 0.333. The van der Waals surface area contributed by atoms with E-state index in [1.54, 1.807) is 12.5 Å². The summed E-state index contributed by atoms with van der Waals surface area (Å²) in [5.41, 5.74) is 0.00231. The first kappa shape index (κ1) is 10.3. The number of nitro groups is 1. The van der Waals surface area contributed by atoms with Gasteiger partial charge in [0.25, 0.3) is 0 Å². The van der Waals surface area contributed by atoms with Crippen molar-refractivity contribution >= 4 is 29.2 Å². The molecule has 0 N–H and O–H groups in total. The summed E-state index contributed by atoms with van der Waals surface area (Å²) in [6.45, 7) is 0. The second kappa shape index (κ2) is 4.43. The molecule has 0 spiro atoms. The van der Waals surface area contributed by atoms with E-state index in [1.807, 2.05) is 0 Å². The van der Waals surface area contributed by atoms with E-state index in [2.05, 4.69) is 9.97 Å². The molecule has 1 aromatic rings. The van der Waals surface area contributed by atoms with Crippen LogP contribution in [-0.2, 0) is 0 Å². The molecule has 0 saturated carbocycles. The summed E-state index contributed by atoms with van der Waals surface area (Å²) in [4.78, 5) is 17.9. The van der Waals surface area contributed by atoms with Gasteiger partial charge in [0.1, 0.15) is 6.33 Å². The van der Waals surface area contributed by atoms with Crippen LogP contribution in [0.3, 0.4) is 0 Å². The molecule has 1 aromatic heterocycles. The predicted octanol–water partition coefficient (Wildman–Crippen LogP) is 1.83. The second-order valence-electron chi connectivity index (χ2n) is 2.00. The lowest BCUT2D eigenvalue weighted by atomic mass is 10.5. The quantitative estimate of drug-likeness (QED) is 0.333. The van der Waals surface area contributed by atoms with Crippen molar-refractivity contribution in [3.05, 3.63) is 16.4 Å². The maximum atomic E-state index is 10.7. The summed E-state index contributed by atoms with van der Waals surface area (Å²) in [6.07, 6.45) is 4.84. The van der Waals surface area contributed by atoms with E-state index in [1.165, 1.54) is 29.9 Å². The molecule has 0 saturated heterocycles. The zero-order chi connectivity index (χ0) is 9.84. The predicted molar refractivity (Wildman–Crippen MR) is 52.2 cm³/mol. The Kier molecular flexibility index (Phi) is 3.49. The van der Waals surface area contributed by atoms with Crippen molar-refractivity contribution in [3.63, 3.8) is 0 Å². The number of aromatic nitrogens is 2. The molecule has 7 heteroatoms. The molecule has 70 valence electrons. The van der Waals surface area contributed by atoms with Gasteiger partial charge in [-0.25, -0.2) is 9.97 Å². The lowest BCUT2D eigenvalue weighted by Crippen LogP contribution is -1.97. The monoisotopic (exact) mass is 217 g/mol. The van der Waals surface area contributed by atoms with Crippen LogP contribution in [0.2, 0.25) is 0 Å². The van der Waals surface area contributed by atoms with Gasteiger partial charge in [-0.15, -0.1) is 23.5 Å². The molecule has 13 heavy (non-hydrogen) atoms. The molecule has 0 bridgehead atoms. The summed E-state index contributed by atoms with van der Waals surface area (Å²) in [5, 5.41) is 11.5. The number of hydrogen-bond donors (Lipinski definition) is 0. The highest BCUT2D eigenvalue weighted by molar-refractivity contribution is 7.99. The van der Waals surface area contributed by atoms with Crippen molar-refractivity contribution in [3.8, 4) is 0 Å². The zero-order valence-corrected chi connectivity index (χ0v) is 8.68.